The number of para-hydroxylation sites is 1. The Balaban J connectivity index is 2.00. The number of rotatable bonds is 8. The molecule has 0 aliphatic rings. The van der Waals surface area contributed by atoms with Crippen LogP contribution in [0, 0.1) is 0 Å². The number of methoxy groups -OCH3 is 1. The summed E-state index contributed by atoms with van der Waals surface area (Å²) in [5.41, 5.74) is 1.57. The average Bonchev–Trinajstić information content (AvgIpc) is 2.58. The van der Waals surface area contributed by atoms with Crippen LogP contribution in [0.1, 0.15) is 22.3 Å². The van der Waals surface area contributed by atoms with Crippen LogP contribution in [0.5, 0.6) is 5.75 Å². The van der Waals surface area contributed by atoms with E-state index in [1.165, 1.54) is 0 Å². The lowest BCUT2D eigenvalue weighted by Gasteiger charge is -2.12. The number of hydrogen-bond donors (Lipinski definition) is 1. The van der Waals surface area contributed by atoms with E-state index in [1.807, 2.05) is 36.4 Å². The van der Waals surface area contributed by atoms with Gasteiger partial charge in [0.15, 0.2) is 0 Å². The second-order valence-electron chi connectivity index (χ2n) is 4.98. The molecule has 0 aromatic heterocycles. The molecule has 2 aromatic carbocycles. The van der Waals surface area contributed by atoms with Gasteiger partial charge >= 0.3 is 0 Å². The van der Waals surface area contributed by atoms with Gasteiger partial charge in [-0.05, 0) is 24.6 Å². The summed E-state index contributed by atoms with van der Waals surface area (Å²) >= 11 is 3.50. The van der Waals surface area contributed by atoms with Crippen molar-refractivity contribution >= 4 is 21.8 Å². The standard InChI is InChI=1S/C18H20BrNO3/c1-22-12-6-11-20-18(21)15-8-3-5-10-17(15)23-13-14-7-2-4-9-16(14)19/h2-5,7-10H,6,11-13H2,1H3,(H,20,21). The topological polar surface area (TPSA) is 47.6 Å². The molecule has 23 heavy (non-hydrogen) atoms. The monoisotopic (exact) mass is 377 g/mol. The first kappa shape index (κ1) is 17.5. The number of carbonyl (C=O) groups excluding carboxylic acids is 1. The number of nitrogens with one attached hydrogen (secondary N) is 1. The van der Waals surface area contributed by atoms with E-state index in [0.717, 1.165) is 16.5 Å². The maximum absolute atomic E-state index is 12.3. The molecule has 0 saturated carbocycles. The van der Waals surface area contributed by atoms with Crippen LogP contribution >= 0.6 is 15.9 Å². The van der Waals surface area contributed by atoms with Gasteiger partial charge in [0, 0.05) is 30.3 Å². The molecule has 1 N–H and O–H groups in total. The molecular weight excluding hydrogens is 358 g/mol. The zero-order valence-electron chi connectivity index (χ0n) is 13.0. The minimum Gasteiger partial charge on any atom is -0.488 e. The van der Waals surface area contributed by atoms with Crippen molar-refractivity contribution in [2.75, 3.05) is 20.3 Å². The van der Waals surface area contributed by atoms with Crippen LogP contribution in [0.2, 0.25) is 0 Å². The Morgan fingerprint density at radius 1 is 1.13 bits per heavy atom. The fourth-order valence-corrected chi connectivity index (χ4v) is 2.46. The van der Waals surface area contributed by atoms with Crippen molar-refractivity contribution in [3.8, 4) is 5.75 Å². The van der Waals surface area contributed by atoms with Gasteiger partial charge in [-0.3, -0.25) is 4.79 Å². The molecule has 2 rings (SSSR count). The molecule has 0 spiro atoms. The maximum Gasteiger partial charge on any atom is 0.255 e. The molecule has 0 aliphatic heterocycles. The van der Waals surface area contributed by atoms with E-state index < -0.39 is 0 Å². The molecule has 0 fully saturated rings. The quantitative estimate of drug-likeness (QED) is 0.711. The van der Waals surface area contributed by atoms with Gasteiger partial charge in [0.1, 0.15) is 12.4 Å². The normalized spacial score (nSPS) is 10.3. The van der Waals surface area contributed by atoms with Crippen molar-refractivity contribution in [1.29, 1.82) is 0 Å². The summed E-state index contributed by atoms with van der Waals surface area (Å²) in [6.07, 6.45) is 0.780. The molecule has 0 saturated heterocycles. The first-order valence-corrected chi connectivity index (χ1v) is 8.24. The number of benzene rings is 2. The minimum absolute atomic E-state index is 0.135. The van der Waals surface area contributed by atoms with Gasteiger partial charge in [0.25, 0.3) is 5.91 Å². The van der Waals surface area contributed by atoms with Crippen LogP contribution in [0.3, 0.4) is 0 Å². The van der Waals surface area contributed by atoms with E-state index in [0.29, 0.717) is 31.1 Å². The molecule has 0 heterocycles. The number of carbonyl (C=O) groups is 1. The second kappa shape index (κ2) is 9.33. The Bertz CT molecular complexity index is 646. The highest BCUT2D eigenvalue weighted by atomic mass is 79.9. The van der Waals surface area contributed by atoms with Crippen molar-refractivity contribution < 1.29 is 14.3 Å². The van der Waals surface area contributed by atoms with Gasteiger partial charge in [0.05, 0.1) is 5.56 Å². The van der Waals surface area contributed by atoms with Crippen LogP contribution in [0.4, 0.5) is 0 Å². The van der Waals surface area contributed by atoms with E-state index in [2.05, 4.69) is 21.2 Å². The van der Waals surface area contributed by atoms with Crippen molar-refractivity contribution in [1.82, 2.24) is 5.32 Å². The number of ether oxygens (including phenoxy) is 2. The molecular formula is C18H20BrNO3. The number of hydrogen-bond acceptors (Lipinski definition) is 3. The number of halogens is 1. The van der Waals surface area contributed by atoms with E-state index in [1.54, 1.807) is 19.2 Å². The molecule has 1 amide bonds. The lowest BCUT2D eigenvalue weighted by molar-refractivity contribution is 0.0944. The Labute approximate surface area is 144 Å². The van der Waals surface area contributed by atoms with E-state index in [9.17, 15) is 4.79 Å². The van der Waals surface area contributed by atoms with Gasteiger partial charge in [-0.25, -0.2) is 0 Å². The van der Waals surface area contributed by atoms with Crippen LogP contribution < -0.4 is 10.1 Å². The Hall–Kier alpha value is -1.85. The number of amides is 1. The lowest BCUT2D eigenvalue weighted by atomic mass is 10.2. The predicted octanol–water partition coefficient (Wildman–Crippen LogP) is 3.79. The highest BCUT2D eigenvalue weighted by Gasteiger charge is 2.12. The zero-order chi connectivity index (χ0) is 16.5. The molecule has 4 nitrogen and oxygen atoms in total. The van der Waals surface area contributed by atoms with E-state index >= 15 is 0 Å². The predicted molar refractivity (Wildman–Crippen MR) is 93.7 cm³/mol. The summed E-state index contributed by atoms with van der Waals surface area (Å²) in [4.78, 5) is 12.3. The van der Waals surface area contributed by atoms with Gasteiger partial charge in [0.2, 0.25) is 0 Å². The summed E-state index contributed by atoms with van der Waals surface area (Å²) in [6, 6.07) is 15.1. The average molecular weight is 378 g/mol. The maximum atomic E-state index is 12.3. The SMILES string of the molecule is COCCCNC(=O)c1ccccc1OCc1ccccc1Br. The molecule has 2 aromatic rings. The summed E-state index contributed by atoms with van der Waals surface area (Å²) in [5, 5.41) is 2.88. The Morgan fingerprint density at radius 3 is 2.65 bits per heavy atom. The third-order valence-electron chi connectivity index (χ3n) is 3.28. The molecule has 0 unspecified atom stereocenters. The third-order valence-corrected chi connectivity index (χ3v) is 4.06. The smallest absolute Gasteiger partial charge is 0.255 e. The molecule has 0 atom stereocenters. The lowest BCUT2D eigenvalue weighted by Crippen LogP contribution is -2.25. The zero-order valence-corrected chi connectivity index (χ0v) is 14.6. The largest absolute Gasteiger partial charge is 0.488 e. The molecule has 0 bridgehead atoms. The van der Waals surface area contributed by atoms with Gasteiger partial charge in [-0.2, -0.15) is 0 Å². The molecule has 0 aliphatic carbocycles. The van der Waals surface area contributed by atoms with Crippen molar-refractivity contribution in [2.24, 2.45) is 0 Å². The third kappa shape index (κ3) is 5.37. The molecule has 122 valence electrons. The van der Waals surface area contributed by atoms with Gasteiger partial charge < -0.3 is 14.8 Å². The van der Waals surface area contributed by atoms with Crippen LogP contribution in [-0.4, -0.2) is 26.2 Å². The fraction of sp³-hybridized carbons (Fsp3) is 0.278. The summed E-state index contributed by atoms with van der Waals surface area (Å²) in [6.45, 7) is 1.60. The van der Waals surface area contributed by atoms with Crippen LogP contribution in [-0.2, 0) is 11.3 Å². The highest BCUT2D eigenvalue weighted by molar-refractivity contribution is 9.10. The van der Waals surface area contributed by atoms with Crippen molar-refractivity contribution in [2.45, 2.75) is 13.0 Å². The van der Waals surface area contributed by atoms with Crippen LogP contribution in [0.25, 0.3) is 0 Å². The Morgan fingerprint density at radius 2 is 1.87 bits per heavy atom. The minimum atomic E-state index is -0.135. The second-order valence-corrected chi connectivity index (χ2v) is 5.83. The van der Waals surface area contributed by atoms with E-state index in [4.69, 9.17) is 9.47 Å². The van der Waals surface area contributed by atoms with Gasteiger partial charge in [-0.1, -0.05) is 46.3 Å². The highest BCUT2D eigenvalue weighted by Crippen LogP contribution is 2.22. The summed E-state index contributed by atoms with van der Waals surface area (Å²) < 4.78 is 11.8. The van der Waals surface area contributed by atoms with Crippen LogP contribution in [0.15, 0.2) is 53.0 Å². The fourth-order valence-electron chi connectivity index (χ4n) is 2.06. The van der Waals surface area contributed by atoms with Crippen molar-refractivity contribution in [3.63, 3.8) is 0 Å². The molecule has 0 radical (unpaired) electrons. The Kier molecular flexibility index (Phi) is 7.10. The molecule has 5 heteroatoms. The first-order chi connectivity index (χ1) is 11.2. The summed E-state index contributed by atoms with van der Waals surface area (Å²) in [5.74, 6) is 0.441. The summed E-state index contributed by atoms with van der Waals surface area (Å²) in [7, 11) is 1.65. The first-order valence-electron chi connectivity index (χ1n) is 7.44. The van der Waals surface area contributed by atoms with Crippen molar-refractivity contribution in [3.05, 3.63) is 64.1 Å². The van der Waals surface area contributed by atoms with Gasteiger partial charge in [-0.15, -0.1) is 0 Å². The van der Waals surface area contributed by atoms with E-state index in [-0.39, 0.29) is 5.91 Å².